The van der Waals surface area contributed by atoms with Crippen LogP contribution in [0.5, 0.6) is 5.75 Å². The third kappa shape index (κ3) is 4.45. The number of imide groups is 1. The van der Waals surface area contributed by atoms with Crippen molar-refractivity contribution < 1.29 is 27.5 Å². The Kier molecular flexibility index (Phi) is 5.91. The lowest BCUT2D eigenvalue weighted by Gasteiger charge is -2.36. The largest absolute Gasteiger partial charge is 0.497 e. The van der Waals surface area contributed by atoms with E-state index in [1.807, 2.05) is 9.80 Å². The molecular formula is C22H24F3N5O3. The highest BCUT2D eigenvalue weighted by atomic mass is 19.4. The molecule has 3 heterocycles. The Balaban J connectivity index is 1.38. The molecule has 1 N–H and O–H groups in total. The van der Waals surface area contributed by atoms with Crippen LogP contribution in [0.2, 0.25) is 0 Å². The number of carbonyl (C=O) groups is 2. The van der Waals surface area contributed by atoms with Crippen LogP contribution < -0.4 is 15.0 Å². The number of halogens is 3. The maximum atomic E-state index is 13.2. The summed E-state index contributed by atoms with van der Waals surface area (Å²) < 4.78 is 43.4. The molecule has 1 aromatic carbocycles. The number of rotatable bonds is 5. The molecule has 2 aliphatic heterocycles. The van der Waals surface area contributed by atoms with Crippen LogP contribution in [0.25, 0.3) is 0 Å². The predicted molar refractivity (Wildman–Crippen MR) is 114 cm³/mol. The number of ether oxygens (including phenoxy) is 1. The van der Waals surface area contributed by atoms with E-state index in [1.54, 1.807) is 31.2 Å². The highest BCUT2D eigenvalue weighted by molar-refractivity contribution is 6.07. The third-order valence-electron chi connectivity index (χ3n) is 6.03. The molecule has 176 valence electrons. The Labute approximate surface area is 188 Å². The van der Waals surface area contributed by atoms with E-state index >= 15 is 0 Å². The van der Waals surface area contributed by atoms with Crippen LogP contribution in [0.3, 0.4) is 0 Å². The molecule has 0 saturated carbocycles. The number of anilines is 1. The second-order valence-electron chi connectivity index (χ2n) is 8.17. The van der Waals surface area contributed by atoms with Crippen molar-refractivity contribution in [2.45, 2.75) is 18.6 Å². The smallest absolute Gasteiger partial charge is 0.417 e. The lowest BCUT2D eigenvalue weighted by molar-refractivity contribution is -0.137. The number of methoxy groups -OCH3 is 1. The van der Waals surface area contributed by atoms with Gasteiger partial charge in [-0.25, -0.2) is 14.7 Å². The zero-order valence-corrected chi connectivity index (χ0v) is 18.2. The molecule has 0 bridgehead atoms. The number of hydrogen-bond donors (Lipinski definition) is 1. The van der Waals surface area contributed by atoms with Gasteiger partial charge in [0.15, 0.2) is 0 Å². The van der Waals surface area contributed by atoms with Crippen molar-refractivity contribution in [3.63, 3.8) is 0 Å². The molecule has 2 fully saturated rings. The third-order valence-corrected chi connectivity index (χ3v) is 6.03. The number of nitrogens with one attached hydrogen (secondary N) is 1. The zero-order valence-electron chi connectivity index (χ0n) is 18.2. The molecule has 11 heteroatoms. The first-order valence-electron chi connectivity index (χ1n) is 10.4. The molecule has 2 saturated heterocycles. The van der Waals surface area contributed by atoms with Gasteiger partial charge in [0, 0.05) is 32.4 Å². The van der Waals surface area contributed by atoms with Crippen molar-refractivity contribution in [2.24, 2.45) is 0 Å². The van der Waals surface area contributed by atoms with Gasteiger partial charge >= 0.3 is 12.2 Å². The monoisotopic (exact) mass is 463 g/mol. The zero-order chi connectivity index (χ0) is 23.8. The first kappa shape index (κ1) is 22.8. The fourth-order valence-corrected chi connectivity index (χ4v) is 4.01. The summed E-state index contributed by atoms with van der Waals surface area (Å²) in [5, 5.41) is 2.78. The Hall–Kier alpha value is -3.34. The first-order valence-corrected chi connectivity index (χ1v) is 10.4. The van der Waals surface area contributed by atoms with Gasteiger partial charge in [-0.1, -0.05) is 12.1 Å². The molecule has 0 radical (unpaired) electrons. The van der Waals surface area contributed by atoms with Crippen molar-refractivity contribution in [3.05, 3.63) is 53.7 Å². The van der Waals surface area contributed by atoms with Crippen LogP contribution in [0.1, 0.15) is 18.1 Å². The molecule has 1 atom stereocenters. The van der Waals surface area contributed by atoms with E-state index in [-0.39, 0.29) is 12.6 Å². The van der Waals surface area contributed by atoms with Gasteiger partial charge in [-0.2, -0.15) is 13.2 Å². The Morgan fingerprint density at radius 1 is 1.12 bits per heavy atom. The van der Waals surface area contributed by atoms with Crippen molar-refractivity contribution >= 4 is 17.8 Å². The maximum Gasteiger partial charge on any atom is 0.417 e. The Bertz CT molecular complexity index is 1040. The number of alkyl halides is 3. The summed E-state index contributed by atoms with van der Waals surface area (Å²) >= 11 is 0. The van der Waals surface area contributed by atoms with E-state index in [1.165, 1.54) is 18.1 Å². The number of aromatic nitrogens is 1. The number of urea groups is 1. The minimum absolute atomic E-state index is 0.124. The van der Waals surface area contributed by atoms with Gasteiger partial charge < -0.3 is 15.0 Å². The molecular weight excluding hydrogens is 439 g/mol. The van der Waals surface area contributed by atoms with Gasteiger partial charge in [0.1, 0.15) is 17.1 Å². The SMILES string of the molecule is COc1cccc(C2(C)NC(=O)N(CN3CCN(c4ccc(C(F)(F)F)cn4)CC3)C2=O)c1. The Morgan fingerprint density at radius 3 is 2.45 bits per heavy atom. The summed E-state index contributed by atoms with van der Waals surface area (Å²) in [6.07, 6.45) is -3.60. The van der Waals surface area contributed by atoms with Crippen LogP contribution in [-0.2, 0) is 16.5 Å². The minimum atomic E-state index is -4.42. The molecule has 8 nitrogen and oxygen atoms in total. The number of amides is 3. The maximum absolute atomic E-state index is 13.2. The van der Waals surface area contributed by atoms with E-state index in [0.29, 0.717) is 43.3 Å². The second kappa shape index (κ2) is 8.54. The lowest BCUT2D eigenvalue weighted by Crippen LogP contribution is -2.51. The van der Waals surface area contributed by atoms with Crippen molar-refractivity contribution in [2.75, 3.05) is 44.9 Å². The molecule has 1 unspecified atom stereocenters. The average Bonchev–Trinajstić information content (AvgIpc) is 3.03. The summed E-state index contributed by atoms with van der Waals surface area (Å²) in [6, 6.07) is 8.90. The van der Waals surface area contributed by atoms with Gasteiger partial charge in [0.25, 0.3) is 5.91 Å². The van der Waals surface area contributed by atoms with Gasteiger partial charge in [-0.15, -0.1) is 0 Å². The Morgan fingerprint density at radius 2 is 1.85 bits per heavy atom. The number of piperazine rings is 1. The van der Waals surface area contributed by atoms with Crippen LogP contribution in [0.15, 0.2) is 42.6 Å². The normalized spacial score (nSPS) is 22.0. The number of nitrogens with zero attached hydrogens (tertiary/aromatic N) is 4. The summed E-state index contributed by atoms with van der Waals surface area (Å²) in [6.45, 7) is 3.85. The van der Waals surface area contributed by atoms with Crippen molar-refractivity contribution in [1.82, 2.24) is 20.1 Å². The van der Waals surface area contributed by atoms with Gasteiger partial charge in [0.05, 0.1) is 19.3 Å². The molecule has 2 aliphatic rings. The fourth-order valence-electron chi connectivity index (χ4n) is 4.01. The second-order valence-corrected chi connectivity index (χ2v) is 8.17. The summed E-state index contributed by atoms with van der Waals surface area (Å²) in [4.78, 5) is 34.8. The van der Waals surface area contributed by atoms with E-state index < -0.39 is 23.3 Å². The van der Waals surface area contributed by atoms with Gasteiger partial charge in [0.2, 0.25) is 0 Å². The standard InChI is InChI=1S/C22H24F3N5O3/c1-21(15-4-3-5-17(12-15)33-2)19(31)30(20(32)27-21)14-28-8-10-29(11-9-28)18-7-6-16(13-26-18)22(23,24)25/h3-7,12-13H,8-11,14H2,1-2H3,(H,27,32). The quantitative estimate of drug-likeness (QED) is 0.687. The van der Waals surface area contributed by atoms with Crippen molar-refractivity contribution in [1.29, 1.82) is 0 Å². The molecule has 3 amide bonds. The van der Waals surface area contributed by atoms with Crippen molar-refractivity contribution in [3.8, 4) is 5.75 Å². The van der Waals surface area contributed by atoms with Gasteiger partial charge in [-0.05, 0) is 36.8 Å². The number of benzene rings is 1. The molecule has 4 rings (SSSR count). The number of hydrogen-bond acceptors (Lipinski definition) is 6. The predicted octanol–water partition coefficient (Wildman–Crippen LogP) is 2.66. The van der Waals surface area contributed by atoms with Crippen LogP contribution in [0, 0.1) is 0 Å². The molecule has 1 aromatic heterocycles. The molecule has 0 spiro atoms. The van der Waals surface area contributed by atoms with Crippen LogP contribution >= 0.6 is 0 Å². The van der Waals surface area contributed by atoms with E-state index in [9.17, 15) is 22.8 Å². The van der Waals surface area contributed by atoms with E-state index in [2.05, 4.69) is 10.3 Å². The van der Waals surface area contributed by atoms with E-state index in [4.69, 9.17) is 4.74 Å². The molecule has 33 heavy (non-hydrogen) atoms. The lowest BCUT2D eigenvalue weighted by atomic mass is 9.92. The number of carbonyl (C=O) groups excluding carboxylic acids is 2. The molecule has 0 aliphatic carbocycles. The summed E-state index contributed by atoms with van der Waals surface area (Å²) in [5.41, 5.74) is -1.36. The van der Waals surface area contributed by atoms with Crippen LogP contribution in [0.4, 0.5) is 23.8 Å². The average molecular weight is 463 g/mol. The van der Waals surface area contributed by atoms with Crippen LogP contribution in [-0.4, -0.2) is 66.7 Å². The highest BCUT2D eigenvalue weighted by Gasteiger charge is 2.49. The summed E-state index contributed by atoms with van der Waals surface area (Å²) in [7, 11) is 1.53. The topological polar surface area (TPSA) is 78.0 Å². The van der Waals surface area contributed by atoms with E-state index in [0.717, 1.165) is 12.3 Å². The number of pyridine rings is 1. The highest BCUT2D eigenvalue weighted by Crippen LogP contribution is 2.32. The fraction of sp³-hybridized carbons (Fsp3) is 0.409. The summed E-state index contributed by atoms with van der Waals surface area (Å²) in [5.74, 6) is 0.693. The minimum Gasteiger partial charge on any atom is -0.497 e. The first-order chi connectivity index (χ1) is 15.6. The van der Waals surface area contributed by atoms with Gasteiger partial charge in [-0.3, -0.25) is 9.69 Å². The molecule has 2 aromatic rings.